The first kappa shape index (κ1) is 15.6. The number of benzene rings is 7. The van der Waals surface area contributed by atoms with Crippen molar-refractivity contribution < 1.29 is 22.2 Å². The van der Waals surface area contributed by atoms with Crippen molar-refractivity contribution in [3.05, 3.63) is 151 Å². The average molecular weight is 589 g/mol. The second kappa shape index (κ2) is 10.2. The quantitative estimate of drug-likeness (QED) is 0.192. The van der Waals surface area contributed by atoms with Crippen LogP contribution in [0.5, 0.6) is 0 Å². The Morgan fingerprint density at radius 2 is 1.13 bits per heavy atom. The maximum Gasteiger partial charge on any atom is 0.164 e. The largest absolute Gasteiger partial charge is 0.455 e. The van der Waals surface area contributed by atoms with Gasteiger partial charge in [0.15, 0.2) is 17.5 Å². The van der Waals surface area contributed by atoms with Gasteiger partial charge in [-0.1, -0.05) is 127 Å². The van der Waals surface area contributed by atoms with Crippen molar-refractivity contribution in [3.63, 3.8) is 0 Å². The van der Waals surface area contributed by atoms with E-state index in [0.29, 0.717) is 5.56 Å². The monoisotopic (exact) mass is 588 g/mol. The van der Waals surface area contributed by atoms with Gasteiger partial charge in [0, 0.05) is 33.0 Å². The highest BCUT2D eigenvalue weighted by atomic mass is 16.3. The van der Waals surface area contributed by atoms with Crippen LogP contribution in [0.4, 0.5) is 0 Å². The van der Waals surface area contributed by atoms with Crippen molar-refractivity contribution in [1.29, 1.82) is 0 Å². The Kier molecular flexibility index (Phi) is 3.54. The Bertz CT molecular complexity index is 3240. The first-order valence-corrected chi connectivity index (χ1v) is 14.0. The normalized spacial score (nSPS) is 15.6. The third-order valence-electron chi connectivity index (χ3n) is 7.68. The lowest BCUT2D eigenvalue weighted by molar-refractivity contribution is 0.670. The molecule has 0 saturated heterocycles. The van der Waals surface area contributed by atoms with E-state index in [9.17, 15) is 1.37 Å². The van der Waals surface area contributed by atoms with Gasteiger partial charge < -0.3 is 4.42 Å². The Hall–Kier alpha value is -6.13. The highest BCUT2D eigenvalue weighted by Crippen LogP contribution is 2.42. The summed E-state index contributed by atoms with van der Waals surface area (Å²) in [5.74, 6) is -0.464. The maximum absolute atomic E-state index is 9.51. The topological polar surface area (TPSA) is 51.8 Å². The van der Waals surface area contributed by atoms with Gasteiger partial charge in [-0.05, 0) is 51.3 Å². The molecular weight excluding hydrogens is 550 g/mol. The van der Waals surface area contributed by atoms with Crippen LogP contribution in [-0.4, -0.2) is 15.0 Å². The fraction of sp³-hybridized carbons (Fsp3) is 0. The van der Waals surface area contributed by atoms with Crippen molar-refractivity contribution >= 4 is 43.5 Å². The third-order valence-corrected chi connectivity index (χ3v) is 7.68. The van der Waals surface area contributed by atoms with E-state index in [4.69, 9.17) is 35.8 Å². The number of furan rings is 1. The van der Waals surface area contributed by atoms with Gasteiger partial charge in [-0.15, -0.1) is 0 Å². The van der Waals surface area contributed by atoms with Crippen molar-refractivity contribution in [1.82, 2.24) is 15.0 Å². The van der Waals surface area contributed by atoms with E-state index in [1.54, 1.807) is 0 Å². The summed E-state index contributed by atoms with van der Waals surface area (Å²) in [5, 5.41) is 3.63. The van der Waals surface area contributed by atoms with Crippen LogP contribution in [0.25, 0.3) is 88.8 Å². The van der Waals surface area contributed by atoms with E-state index in [1.165, 1.54) is 18.2 Å². The van der Waals surface area contributed by atoms with Gasteiger partial charge >= 0.3 is 0 Å². The van der Waals surface area contributed by atoms with Gasteiger partial charge in [-0.3, -0.25) is 0 Å². The molecule has 0 N–H and O–H groups in total. The fourth-order valence-electron chi connectivity index (χ4n) is 5.71. The first-order chi connectivity index (χ1) is 27.7. The minimum Gasteiger partial charge on any atom is -0.455 e. The number of nitrogens with zero attached hydrogens (tertiary/aromatic N) is 3. The second-order valence-electron chi connectivity index (χ2n) is 10.2. The Morgan fingerprint density at radius 1 is 0.467 bits per heavy atom. The summed E-state index contributed by atoms with van der Waals surface area (Å²) in [4.78, 5) is 14.3. The van der Waals surface area contributed by atoms with Crippen LogP contribution in [0.15, 0.2) is 156 Å². The zero-order valence-electron chi connectivity index (χ0n) is 36.2. The second-order valence-corrected chi connectivity index (χ2v) is 10.2. The Labute approximate surface area is 277 Å². The maximum atomic E-state index is 9.51. The van der Waals surface area contributed by atoms with Crippen LogP contribution >= 0.6 is 0 Å². The van der Waals surface area contributed by atoms with Gasteiger partial charge in [0.05, 0.1) is 17.8 Å². The van der Waals surface area contributed by atoms with E-state index >= 15 is 0 Å². The van der Waals surface area contributed by atoms with Crippen molar-refractivity contribution in [2.75, 3.05) is 0 Å². The molecule has 0 atom stereocenters. The lowest BCUT2D eigenvalue weighted by atomic mass is 9.96. The summed E-state index contributed by atoms with van der Waals surface area (Å²) in [6.45, 7) is 0. The van der Waals surface area contributed by atoms with Crippen LogP contribution in [-0.2, 0) is 0 Å². The molecular formula is C41H25N3O. The van der Waals surface area contributed by atoms with Crippen LogP contribution in [0.3, 0.4) is 0 Å². The van der Waals surface area contributed by atoms with E-state index in [1.807, 2.05) is 54.6 Å². The van der Waals surface area contributed by atoms with E-state index in [2.05, 4.69) is 0 Å². The predicted octanol–water partition coefficient (Wildman–Crippen LogP) is 10.7. The molecule has 0 saturated carbocycles. The molecule has 0 aliphatic heterocycles. The van der Waals surface area contributed by atoms with Gasteiger partial charge in [0.2, 0.25) is 0 Å². The van der Waals surface area contributed by atoms with E-state index in [-0.39, 0.29) is 79.8 Å². The number of hydrogen-bond donors (Lipinski definition) is 0. The van der Waals surface area contributed by atoms with E-state index in [0.717, 1.165) is 21.5 Å². The van der Waals surface area contributed by atoms with Gasteiger partial charge in [-0.2, -0.15) is 0 Å². The third kappa shape index (κ3) is 4.19. The molecule has 0 bridgehead atoms. The molecule has 9 rings (SSSR count). The molecule has 0 unspecified atom stereocenters. The molecule has 0 radical (unpaired) electrons. The van der Waals surface area contributed by atoms with Gasteiger partial charge in [0.25, 0.3) is 0 Å². The highest BCUT2D eigenvalue weighted by molar-refractivity contribution is 6.16. The molecule has 4 heteroatoms. The van der Waals surface area contributed by atoms with Crippen molar-refractivity contribution in [2.24, 2.45) is 0 Å². The molecule has 2 aromatic heterocycles. The predicted molar refractivity (Wildman–Crippen MR) is 184 cm³/mol. The summed E-state index contributed by atoms with van der Waals surface area (Å²) in [5.41, 5.74) is -0.261. The minimum atomic E-state index is -0.617. The lowest BCUT2D eigenvalue weighted by Gasteiger charge is -2.13. The number of aromatic nitrogens is 3. The zero-order chi connectivity index (χ0) is 41.1. The highest BCUT2D eigenvalue weighted by Gasteiger charge is 2.21. The lowest BCUT2D eigenvalue weighted by Crippen LogP contribution is -2.01. The molecule has 0 spiro atoms. The number of para-hydroxylation sites is 1. The summed E-state index contributed by atoms with van der Waals surface area (Å²) >= 11 is 0. The average Bonchev–Trinajstić information content (AvgIpc) is 3.60. The number of fused-ring (bicyclic) bond motifs is 6. The first-order valence-electron chi connectivity index (χ1n) is 20.5. The smallest absolute Gasteiger partial charge is 0.164 e. The summed E-state index contributed by atoms with van der Waals surface area (Å²) in [6.07, 6.45) is 0. The Morgan fingerprint density at radius 3 is 1.93 bits per heavy atom. The van der Waals surface area contributed by atoms with Gasteiger partial charge in [0.1, 0.15) is 11.2 Å². The molecule has 9 aromatic rings. The molecule has 2 heterocycles. The van der Waals surface area contributed by atoms with Crippen LogP contribution < -0.4 is 0 Å². The fourth-order valence-corrected chi connectivity index (χ4v) is 5.71. The SMILES string of the molecule is [2H]c1cc([2H])c2oc3c(-c4c([2H])c([2H])c([2H])c([2H])c4[2H])cc([2H])c(-c4nc(-c5c([2H])c([2H])c([2H])c([2H])c5[2H])nc(-c5cc6ccccc6c6ccccc56)n4)c3c2c1. The molecule has 0 aliphatic rings. The number of hydrogen-bond acceptors (Lipinski definition) is 4. The molecule has 7 aromatic carbocycles. The van der Waals surface area contributed by atoms with Crippen LogP contribution in [0.2, 0.25) is 0 Å². The molecule has 210 valence electrons. The zero-order valence-corrected chi connectivity index (χ0v) is 23.2. The summed E-state index contributed by atoms with van der Waals surface area (Å²) in [7, 11) is 0. The molecule has 0 aliphatic carbocycles. The van der Waals surface area contributed by atoms with Crippen LogP contribution in [0, 0.1) is 0 Å². The van der Waals surface area contributed by atoms with Crippen molar-refractivity contribution in [2.45, 2.75) is 0 Å². The number of rotatable bonds is 4. The molecule has 0 amide bonds. The van der Waals surface area contributed by atoms with E-state index < -0.39 is 60.4 Å². The standard InChI is InChI=1S/C41H25N3O/c1-3-13-26(14-4-1)30-23-24-34(37-33-21-11-12-22-36(33)45-38(30)37)40-42-39(27-15-5-2-6-16-27)43-41(44-40)35-25-28-17-7-8-18-29(28)31-19-9-10-20-32(31)35/h1-25H/i1D,2D,3D,4D,5D,6D,11D,13D,14D,15D,16D,22D,24D. The minimum absolute atomic E-state index is 0.0212. The van der Waals surface area contributed by atoms with Crippen molar-refractivity contribution in [3.8, 4) is 45.3 Å². The summed E-state index contributed by atoms with van der Waals surface area (Å²) < 4.78 is 118. The van der Waals surface area contributed by atoms with Crippen LogP contribution in [0.1, 0.15) is 17.8 Å². The molecule has 45 heavy (non-hydrogen) atoms. The van der Waals surface area contributed by atoms with Gasteiger partial charge in [-0.25, -0.2) is 15.0 Å². The Balaban J connectivity index is 1.46. The summed E-state index contributed by atoms with van der Waals surface area (Å²) in [6, 6.07) is 14.5. The molecule has 0 fully saturated rings. The molecule has 4 nitrogen and oxygen atoms in total.